The van der Waals surface area contributed by atoms with Gasteiger partial charge in [-0.25, -0.2) is 0 Å². The molecule has 0 N–H and O–H groups in total. The van der Waals surface area contributed by atoms with Crippen molar-refractivity contribution in [1.82, 2.24) is 5.01 Å². The molecule has 0 saturated heterocycles. The first-order valence-electron chi connectivity index (χ1n) is 8.25. The molecule has 0 spiro atoms. The summed E-state index contributed by atoms with van der Waals surface area (Å²) in [6.45, 7) is 1.43. The molecule has 1 fully saturated rings. The van der Waals surface area contributed by atoms with E-state index in [1.807, 2.05) is 41.4 Å². The zero-order chi connectivity index (χ0) is 15.9. The number of hydrogen-bond acceptors (Lipinski definition) is 3. The maximum absolute atomic E-state index is 12.1. The quantitative estimate of drug-likeness (QED) is 0.776. The van der Waals surface area contributed by atoms with Crippen molar-refractivity contribution in [1.29, 1.82) is 0 Å². The molecule has 1 aliphatic rings. The standard InChI is InChI=1S/C20H22N2O/c23-20-14-8-7-13-19(20)21-22(15-17-9-3-1-4-10-17)16-18-11-5-2-6-12-18/h1-6,9-12H,7-8,13-16H2/b21-19-. The molecule has 1 saturated carbocycles. The lowest BCUT2D eigenvalue weighted by molar-refractivity contribution is -0.113. The van der Waals surface area contributed by atoms with Crippen molar-refractivity contribution in [3.63, 3.8) is 0 Å². The van der Waals surface area contributed by atoms with E-state index in [2.05, 4.69) is 24.3 Å². The monoisotopic (exact) mass is 306 g/mol. The van der Waals surface area contributed by atoms with Gasteiger partial charge in [0.2, 0.25) is 0 Å². The third-order valence-electron chi connectivity index (χ3n) is 4.07. The molecular weight excluding hydrogens is 284 g/mol. The van der Waals surface area contributed by atoms with Crippen molar-refractivity contribution in [2.75, 3.05) is 0 Å². The number of ketones is 1. The van der Waals surface area contributed by atoms with Crippen LogP contribution in [0, 0.1) is 0 Å². The lowest BCUT2D eigenvalue weighted by Gasteiger charge is -2.22. The van der Waals surface area contributed by atoms with Gasteiger partial charge in [-0.2, -0.15) is 5.10 Å². The largest absolute Gasteiger partial charge is 0.293 e. The van der Waals surface area contributed by atoms with Crippen LogP contribution in [0.1, 0.15) is 36.8 Å². The fraction of sp³-hybridized carbons (Fsp3) is 0.300. The Bertz CT molecular complexity index is 623. The van der Waals surface area contributed by atoms with Crippen LogP contribution in [0.25, 0.3) is 0 Å². The Balaban J connectivity index is 1.80. The van der Waals surface area contributed by atoms with Crippen molar-refractivity contribution in [2.45, 2.75) is 38.8 Å². The molecule has 0 atom stereocenters. The van der Waals surface area contributed by atoms with Crippen molar-refractivity contribution in [2.24, 2.45) is 5.10 Å². The second kappa shape index (κ2) is 7.73. The molecule has 1 aliphatic carbocycles. The summed E-state index contributed by atoms with van der Waals surface area (Å²) in [5.74, 6) is 0.211. The number of carbonyl (C=O) groups is 1. The summed E-state index contributed by atoms with van der Waals surface area (Å²) in [6, 6.07) is 20.6. The highest BCUT2D eigenvalue weighted by atomic mass is 16.1. The van der Waals surface area contributed by atoms with E-state index in [1.54, 1.807) is 0 Å². The van der Waals surface area contributed by atoms with E-state index in [-0.39, 0.29) is 5.78 Å². The summed E-state index contributed by atoms with van der Waals surface area (Å²) in [7, 11) is 0. The molecule has 23 heavy (non-hydrogen) atoms. The second-order valence-electron chi connectivity index (χ2n) is 5.97. The molecular formula is C20H22N2O. The van der Waals surface area contributed by atoms with E-state index in [4.69, 9.17) is 5.10 Å². The predicted molar refractivity (Wildman–Crippen MR) is 93.0 cm³/mol. The van der Waals surface area contributed by atoms with Crippen LogP contribution in [0.4, 0.5) is 0 Å². The van der Waals surface area contributed by atoms with Gasteiger partial charge in [0.1, 0.15) is 5.71 Å². The van der Waals surface area contributed by atoms with Crippen LogP contribution in [0.5, 0.6) is 0 Å². The molecule has 0 aliphatic heterocycles. The highest BCUT2D eigenvalue weighted by Gasteiger charge is 2.18. The molecule has 0 bridgehead atoms. The molecule has 3 heteroatoms. The molecule has 0 heterocycles. The average molecular weight is 306 g/mol. The van der Waals surface area contributed by atoms with Crippen LogP contribution in [0.3, 0.4) is 0 Å². The van der Waals surface area contributed by atoms with Crippen LogP contribution in [-0.4, -0.2) is 16.5 Å². The van der Waals surface area contributed by atoms with Gasteiger partial charge in [0.05, 0.1) is 13.1 Å². The summed E-state index contributed by atoms with van der Waals surface area (Å²) in [4.78, 5) is 12.1. The Morgan fingerprint density at radius 3 is 1.83 bits per heavy atom. The van der Waals surface area contributed by atoms with Gasteiger partial charge in [-0.05, 0) is 30.4 Å². The van der Waals surface area contributed by atoms with E-state index >= 15 is 0 Å². The van der Waals surface area contributed by atoms with Gasteiger partial charge < -0.3 is 0 Å². The molecule has 2 aromatic carbocycles. The van der Waals surface area contributed by atoms with Gasteiger partial charge in [-0.15, -0.1) is 0 Å². The minimum Gasteiger partial charge on any atom is -0.293 e. The van der Waals surface area contributed by atoms with Gasteiger partial charge in [-0.3, -0.25) is 9.80 Å². The highest BCUT2D eigenvalue weighted by Crippen LogP contribution is 2.16. The Labute approximate surface area is 137 Å². The lowest BCUT2D eigenvalue weighted by Crippen LogP contribution is -2.25. The summed E-state index contributed by atoms with van der Waals surface area (Å²) < 4.78 is 0. The fourth-order valence-electron chi connectivity index (χ4n) is 2.85. The minimum absolute atomic E-state index is 0.211. The molecule has 0 amide bonds. The Morgan fingerprint density at radius 2 is 1.30 bits per heavy atom. The number of carbonyl (C=O) groups excluding carboxylic acids is 1. The lowest BCUT2D eigenvalue weighted by atomic mass is 9.97. The van der Waals surface area contributed by atoms with Gasteiger partial charge in [0.15, 0.2) is 5.78 Å². The number of hydrazone groups is 1. The molecule has 0 radical (unpaired) electrons. The summed E-state index contributed by atoms with van der Waals surface area (Å²) in [5, 5.41) is 6.72. The first-order chi connectivity index (χ1) is 11.3. The number of rotatable bonds is 5. The first kappa shape index (κ1) is 15.5. The summed E-state index contributed by atoms with van der Waals surface area (Å²) in [5.41, 5.74) is 3.15. The van der Waals surface area contributed by atoms with Gasteiger partial charge >= 0.3 is 0 Å². The van der Waals surface area contributed by atoms with E-state index in [1.165, 1.54) is 11.1 Å². The van der Waals surface area contributed by atoms with Crippen LogP contribution < -0.4 is 0 Å². The van der Waals surface area contributed by atoms with Crippen LogP contribution >= 0.6 is 0 Å². The Kier molecular flexibility index (Phi) is 5.20. The van der Waals surface area contributed by atoms with Crippen LogP contribution in [-0.2, 0) is 17.9 Å². The molecule has 0 aromatic heterocycles. The first-order valence-corrected chi connectivity index (χ1v) is 8.25. The van der Waals surface area contributed by atoms with Crippen LogP contribution in [0.15, 0.2) is 65.8 Å². The Hall–Kier alpha value is -2.42. The molecule has 3 rings (SSSR count). The van der Waals surface area contributed by atoms with Crippen molar-refractivity contribution in [3.05, 3.63) is 71.8 Å². The van der Waals surface area contributed by atoms with Crippen molar-refractivity contribution >= 4 is 11.5 Å². The third-order valence-corrected chi connectivity index (χ3v) is 4.07. The SMILES string of the molecule is O=C1CCCC/C1=N/N(Cc1ccccc1)Cc1ccccc1. The summed E-state index contributed by atoms with van der Waals surface area (Å²) >= 11 is 0. The zero-order valence-electron chi connectivity index (χ0n) is 13.3. The number of nitrogens with zero attached hydrogens (tertiary/aromatic N) is 2. The molecule has 2 aromatic rings. The third kappa shape index (κ3) is 4.52. The smallest absolute Gasteiger partial charge is 0.178 e. The summed E-state index contributed by atoms with van der Waals surface area (Å²) in [6.07, 6.45) is 3.51. The van der Waals surface area contributed by atoms with Gasteiger partial charge in [0, 0.05) is 6.42 Å². The number of benzene rings is 2. The van der Waals surface area contributed by atoms with Crippen LogP contribution in [0.2, 0.25) is 0 Å². The van der Waals surface area contributed by atoms with Gasteiger partial charge in [-0.1, -0.05) is 60.7 Å². The fourth-order valence-corrected chi connectivity index (χ4v) is 2.85. The predicted octanol–water partition coefficient (Wildman–Crippen LogP) is 4.19. The zero-order valence-corrected chi connectivity index (χ0v) is 13.3. The molecule has 0 unspecified atom stereocenters. The second-order valence-corrected chi connectivity index (χ2v) is 5.97. The average Bonchev–Trinajstić information content (AvgIpc) is 2.59. The van der Waals surface area contributed by atoms with Crippen molar-refractivity contribution < 1.29 is 4.79 Å². The van der Waals surface area contributed by atoms with E-state index < -0.39 is 0 Å². The minimum atomic E-state index is 0.211. The maximum Gasteiger partial charge on any atom is 0.178 e. The van der Waals surface area contributed by atoms with E-state index in [0.29, 0.717) is 19.5 Å². The van der Waals surface area contributed by atoms with E-state index in [0.717, 1.165) is 25.0 Å². The maximum atomic E-state index is 12.1. The van der Waals surface area contributed by atoms with E-state index in [9.17, 15) is 4.79 Å². The number of Topliss-reactive ketones (excluding diaryl/α,β-unsaturated/α-hetero) is 1. The number of hydrogen-bond donors (Lipinski definition) is 0. The van der Waals surface area contributed by atoms with Crippen molar-refractivity contribution in [3.8, 4) is 0 Å². The Morgan fingerprint density at radius 1 is 0.783 bits per heavy atom. The normalized spacial score (nSPS) is 16.5. The van der Waals surface area contributed by atoms with Gasteiger partial charge in [0.25, 0.3) is 0 Å². The topological polar surface area (TPSA) is 32.7 Å². The highest BCUT2D eigenvalue weighted by molar-refractivity contribution is 6.40. The molecule has 3 nitrogen and oxygen atoms in total. The molecule has 118 valence electrons.